The Bertz CT molecular complexity index is 864. The van der Waals surface area contributed by atoms with Crippen LogP contribution >= 0.6 is 47.0 Å². The van der Waals surface area contributed by atoms with Crippen LogP contribution in [0.3, 0.4) is 0 Å². The molecular formula is C21H24Cl3N3O2S. The SMILES string of the molecule is CCc1cccc(CC)c1NC(=S)NC(NC(=O)c1ccc(OC)cc1)C(Cl)(Cl)Cl. The average molecular weight is 489 g/mol. The lowest BCUT2D eigenvalue weighted by Crippen LogP contribution is -2.56. The van der Waals surface area contributed by atoms with E-state index in [1.54, 1.807) is 31.4 Å². The molecule has 2 rings (SSSR count). The minimum atomic E-state index is -1.84. The van der Waals surface area contributed by atoms with Gasteiger partial charge in [-0.1, -0.05) is 66.8 Å². The van der Waals surface area contributed by atoms with Crippen molar-refractivity contribution in [2.75, 3.05) is 12.4 Å². The Hall–Kier alpha value is -1.73. The van der Waals surface area contributed by atoms with Crippen molar-refractivity contribution in [1.82, 2.24) is 10.6 Å². The van der Waals surface area contributed by atoms with Gasteiger partial charge in [-0.05, 0) is 60.5 Å². The Morgan fingerprint density at radius 1 is 1.03 bits per heavy atom. The van der Waals surface area contributed by atoms with Crippen molar-refractivity contribution in [1.29, 1.82) is 0 Å². The number of hydrogen-bond donors (Lipinski definition) is 3. The highest BCUT2D eigenvalue weighted by molar-refractivity contribution is 7.80. The molecule has 162 valence electrons. The standard InChI is InChI=1S/C21H24Cl3N3O2S/c1-4-13-7-6-8-14(5-2)17(13)25-20(30)27-19(21(22,23)24)26-18(28)15-9-11-16(29-3)12-10-15/h6-12,19H,4-5H2,1-3H3,(H,26,28)(H2,25,27,30). The van der Waals surface area contributed by atoms with Crippen LogP contribution in [0.15, 0.2) is 42.5 Å². The molecule has 0 fully saturated rings. The third-order valence-corrected chi connectivity index (χ3v) is 5.34. The third kappa shape index (κ3) is 6.64. The van der Waals surface area contributed by atoms with Gasteiger partial charge in [-0.2, -0.15) is 0 Å². The smallest absolute Gasteiger partial charge is 0.252 e. The number of halogens is 3. The predicted molar refractivity (Wildman–Crippen MR) is 129 cm³/mol. The Labute approximate surface area is 197 Å². The van der Waals surface area contributed by atoms with E-state index in [0.717, 1.165) is 29.7 Å². The summed E-state index contributed by atoms with van der Waals surface area (Å²) in [6, 6.07) is 12.7. The summed E-state index contributed by atoms with van der Waals surface area (Å²) in [4.78, 5) is 12.6. The fourth-order valence-corrected chi connectivity index (χ4v) is 3.39. The van der Waals surface area contributed by atoms with E-state index < -0.39 is 15.9 Å². The molecule has 0 saturated carbocycles. The molecule has 2 aromatic rings. The molecule has 5 nitrogen and oxygen atoms in total. The van der Waals surface area contributed by atoms with Gasteiger partial charge in [0.05, 0.1) is 7.11 Å². The number of carbonyl (C=O) groups is 1. The van der Waals surface area contributed by atoms with Gasteiger partial charge in [-0.15, -0.1) is 0 Å². The Morgan fingerprint density at radius 2 is 1.60 bits per heavy atom. The molecule has 0 bridgehead atoms. The summed E-state index contributed by atoms with van der Waals surface area (Å²) < 4.78 is 3.26. The summed E-state index contributed by atoms with van der Waals surface area (Å²) >= 11 is 23.7. The molecule has 0 aliphatic rings. The zero-order chi connectivity index (χ0) is 22.3. The van der Waals surface area contributed by atoms with Gasteiger partial charge in [-0.3, -0.25) is 4.79 Å². The van der Waals surface area contributed by atoms with E-state index in [1.165, 1.54) is 0 Å². The van der Waals surface area contributed by atoms with Gasteiger partial charge in [0.25, 0.3) is 5.91 Å². The number of thiocarbonyl (C=S) groups is 1. The first-order chi connectivity index (χ1) is 14.2. The van der Waals surface area contributed by atoms with Crippen LogP contribution in [-0.4, -0.2) is 28.1 Å². The zero-order valence-electron chi connectivity index (χ0n) is 16.9. The number of alkyl halides is 3. The van der Waals surface area contributed by atoms with Crippen molar-refractivity contribution >= 4 is 63.7 Å². The molecule has 0 spiro atoms. The van der Waals surface area contributed by atoms with Gasteiger partial charge in [0, 0.05) is 11.3 Å². The predicted octanol–water partition coefficient (Wildman–Crippen LogP) is 5.23. The number of para-hydroxylation sites is 1. The summed E-state index contributed by atoms with van der Waals surface area (Å²) in [5.74, 6) is 0.210. The lowest BCUT2D eigenvalue weighted by molar-refractivity contribution is 0.0934. The van der Waals surface area contributed by atoms with Crippen LogP contribution in [0.25, 0.3) is 0 Å². The second-order valence-electron chi connectivity index (χ2n) is 6.43. The van der Waals surface area contributed by atoms with Crippen molar-refractivity contribution in [2.45, 2.75) is 36.6 Å². The first-order valence-electron chi connectivity index (χ1n) is 9.39. The molecule has 1 atom stereocenters. The molecule has 9 heteroatoms. The normalized spacial score (nSPS) is 12.1. The highest BCUT2D eigenvalue weighted by atomic mass is 35.6. The van der Waals surface area contributed by atoms with Crippen LogP contribution in [0, 0.1) is 0 Å². The fraction of sp³-hybridized carbons (Fsp3) is 0.333. The van der Waals surface area contributed by atoms with E-state index >= 15 is 0 Å². The van der Waals surface area contributed by atoms with Gasteiger partial charge in [0.1, 0.15) is 11.9 Å². The van der Waals surface area contributed by atoms with Crippen LogP contribution in [0.5, 0.6) is 5.75 Å². The molecule has 0 aliphatic carbocycles. The first-order valence-corrected chi connectivity index (χ1v) is 10.9. The van der Waals surface area contributed by atoms with Gasteiger partial charge in [0.2, 0.25) is 3.79 Å². The van der Waals surface area contributed by atoms with Gasteiger partial charge >= 0.3 is 0 Å². The molecule has 0 heterocycles. The van der Waals surface area contributed by atoms with Crippen LogP contribution in [-0.2, 0) is 12.8 Å². The summed E-state index contributed by atoms with van der Waals surface area (Å²) in [6.45, 7) is 4.13. The maximum atomic E-state index is 12.6. The number of methoxy groups -OCH3 is 1. The molecule has 1 unspecified atom stereocenters. The number of nitrogens with one attached hydrogen (secondary N) is 3. The fourth-order valence-electron chi connectivity index (χ4n) is 2.84. The number of aryl methyl sites for hydroxylation is 2. The first kappa shape index (κ1) is 24.5. The monoisotopic (exact) mass is 487 g/mol. The number of rotatable bonds is 7. The van der Waals surface area contributed by atoms with Crippen LogP contribution in [0.2, 0.25) is 0 Å². The number of amides is 1. The Morgan fingerprint density at radius 3 is 2.07 bits per heavy atom. The van der Waals surface area contributed by atoms with Gasteiger partial charge in [0.15, 0.2) is 5.11 Å². The number of ether oxygens (including phenoxy) is 1. The Kier molecular flexibility index (Phi) is 9.04. The van der Waals surface area contributed by atoms with E-state index in [2.05, 4.69) is 29.8 Å². The van der Waals surface area contributed by atoms with Gasteiger partial charge < -0.3 is 20.7 Å². The van der Waals surface area contributed by atoms with Crippen molar-refractivity contribution in [3.8, 4) is 5.75 Å². The number of carbonyl (C=O) groups excluding carboxylic acids is 1. The van der Waals surface area contributed by atoms with E-state index in [-0.39, 0.29) is 5.11 Å². The summed E-state index contributed by atoms with van der Waals surface area (Å²) in [6.07, 6.45) is 0.609. The molecule has 0 radical (unpaired) electrons. The molecule has 30 heavy (non-hydrogen) atoms. The minimum Gasteiger partial charge on any atom is -0.497 e. The van der Waals surface area contributed by atoms with E-state index in [4.69, 9.17) is 51.8 Å². The van der Waals surface area contributed by atoms with E-state index in [9.17, 15) is 4.79 Å². The quantitative estimate of drug-likeness (QED) is 0.283. The van der Waals surface area contributed by atoms with Crippen LogP contribution in [0.4, 0.5) is 5.69 Å². The minimum absolute atomic E-state index is 0.233. The highest BCUT2D eigenvalue weighted by Gasteiger charge is 2.35. The Balaban J connectivity index is 2.15. The van der Waals surface area contributed by atoms with E-state index in [0.29, 0.717) is 11.3 Å². The topological polar surface area (TPSA) is 62.4 Å². The van der Waals surface area contributed by atoms with Gasteiger partial charge in [-0.25, -0.2) is 0 Å². The van der Waals surface area contributed by atoms with Crippen molar-refractivity contribution in [3.05, 3.63) is 59.2 Å². The number of anilines is 1. The largest absolute Gasteiger partial charge is 0.497 e. The molecule has 0 saturated heterocycles. The maximum absolute atomic E-state index is 12.6. The molecule has 2 aromatic carbocycles. The number of hydrogen-bond acceptors (Lipinski definition) is 3. The maximum Gasteiger partial charge on any atom is 0.252 e. The summed E-state index contributed by atoms with van der Waals surface area (Å²) in [5.41, 5.74) is 3.54. The van der Waals surface area contributed by atoms with Crippen molar-refractivity contribution in [2.24, 2.45) is 0 Å². The van der Waals surface area contributed by atoms with E-state index in [1.807, 2.05) is 18.2 Å². The lowest BCUT2D eigenvalue weighted by Gasteiger charge is -2.28. The second-order valence-corrected chi connectivity index (χ2v) is 9.21. The molecule has 0 aliphatic heterocycles. The van der Waals surface area contributed by atoms with Crippen LogP contribution < -0.4 is 20.7 Å². The average Bonchev–Trinajstić information content (AvgIpc) is 2.72. The molecule has 0 aromatic heterocycles. The molecule has 1 amide bonds. The number of benzene rings is 2. The van der Waals surface area contributed by atoms with Crippen molar-refractivity contribution < 1.29 is 9.53 Å². The van der Waals surface area contributed by atoms with Crippen molar-refractivity contribution in [3.63, 3.8) is 0 Å². The molecule has 3 N–H and O–H groups in total. The lowest BCUT2D eigenvalue weighted by atomic mass is 10.0. The molecular weight excluding hydrogens is 465 g/mol. The third-order valence-electron chi connectivity index (χ3n) is 4.47. The summed E-state index contributed by atoms with van der Waals surface area (Å²) in [5, 5.41) is 8.99. The highest BCUT2D eigenvalue weighted by Crippen LogP contribution is 2.30. The second kappa shape index (κ2) is 11.0. The summed E-state index contributed by atoms with van der Waals surface area (Å²) in [7, 11) is 1.55. The van der Waals surface area contributed by atoms with Crippen LogP contribution in [0.1, 0.15) is 35.3 Å². The zero-order valence-corrected chi connectivity index (χ0v) is 20.0.